The summed E-state index contributed by atoms with van der Waals surface area (Å²) in [5.41, 5.74) is 4.14. The minimum atomic E-state index is -0.404. The number of carbonyl (C=O) groups is 1. The molecule has 2 aliphatic heterocycles. The van der Waals surface area contributed by atoms with E-state index < -0.39 is 6.09 Å². The number of rotatable bonds is 7. The molecule has 0 spiro atoms. The monoisotopic (exact) mass is 559 g/mol. The van der Waals surface area contributed by atoms with Gasteiger partial charge in [-0.3, -0.25) is 4.90 Å². The van der Waals surface area contributed by atoms with Crippen LogP contribution in [0.3, 0.4) is 0 Å². The number of ether oxygens (including phenoxy) is 3. The zero-order chi connectivity index (χ0) is 27.6. The van der Waals surface area contributed by atoms with E-state index >= 15 is 0 Å². The molecule has 0 saturated carbocycles. The van der Waals surface area contributed by atoms with Crippen molar-refractivity contribution < 1.29 is 19.0 Å². The van der Waals surface area contributed by atoms with Gasteiger partial charge in [0.2, 0.25) is 0 Å². The summed E-state index contributed by atoms with van der Waals surface area (Å²) in [6.07, 6.45) is 3.81. The molecule has 7 nitrogen and oxygen atoms in total. The molecule has 208 valence electrons. The number of amides is 1. The van der Waals surface area contributed by atoms with Gasteiger partial charge in [0, 0.05) is 34.2 Å². The Hall–Kier alpha value is -3.68. The van der Waals surface area contributed by atoms with Crippen molar-refractivity contribution in [2.24, 2.45) is 0 Å². The number of hydrogen-bond donors (Lipinski definition) is 1. The van der Waals surface area contributed by atoms with E-state index in [4.69, 9.17) is 25.8 Å². The zero-order valence-electron chi connectivity index (χ0n) is 22.9. The predicted molar refractivity (Wildman–Crippen MR) is 157 cm³/mol. The fourth-order valence-corrected chi connectivity index (χ4v) is 6.18. The van der Waals surface area contributed by atoms with Gasteiger partial charge in [0.05, 0.1) is 13.7 Å². The Morgan fingerprint density at radius 3 is 2.48 bits per heavy atom. The van der Waals surface area contributed by atoms with E-state index in [2.05, 4.69) is 16.9 Å². The van der Waals surface area contributed by atoms with E-state index in [1.54, 1.807) is 36.3 Å². The van der Waals surface area contributed by atoms with E-state index in [-0.39, 0.29) is 6.04 Å². The predicted octanol–water partition coefficient (Wildman–Crippen LogP) is 6.84. The fraction of sp³-hybridized carbons (Fsp3) is 0.344. The van der Waals surface area contributed by atoms with Crippen LogP contribution < -0.4 is 14.2 Å². The molecule has 0 bridgehead atoms. The third-order valence-corrected chi connectivity index (χ3v) is 8.41. The molecule has 1 amide bonds. The standard InChI is InChI=1S/C32H34ClN3O4/c1-35-17-3-4-23(35)16-19-39-25-8-5-21(6-9-25)31-30-27(28-20-22(33)7-14-29(28)34-30)15-18-36(31)32(37)40-26-12-10-24(38-2)11-13-26/h5-14,20,23,31,34H,3-4,15-19H2,1-2H3. The van der Waals surface area contributed by atoms with Crippen molar-refractivity contribution in [2.45, 2.75) is 37.8 Å². The number of carbonyl (C=O) groups excluding carboxylic acids is 1. The Bertz CT molecular complexity index is 1480. The quantitative estimate of drug-likeness (QED) is 0.268. The van der Waals surface area contributed by atoms with Crippen LogP contribution in [-0.2, 0) is 6.42 Å². The number of likely N-dealkylation sites (tertiary alicyclic amines) is 1. The lowest BCUT2D eigenvalue weighted by Gasteiger charge is -2.35. The van der Waals surface area contributed by atoms with Gasteiger partial charge in [-0.15, -0.1) is 0 Å². The SMILES string of the molecule is COc1ccc(OC(=O)N2CCc3c([nH]c4ccc(Cl)cc34)C2c2ccc(OCCC3CCCN3C)cc2)cc1. The average Bonchev–Trinajstić information content (AvgIpc) is 3.55. The molecule has 40 heavy (non-hydrogen) atoms. The number of aromatic nitrogens is 1. The number of nitrogens with zero attached hydrogens (tertiary/aromatic N) is 2. The van der Waals surface area contributed by atoms with Crippen LogP contribution in [0.15, 0.2) is 66.7 Å². The Balaban J connectivity index is 1.26. The molecule has 0 radical (unpaired) electrons. The third-order valence-electron chi connectivity index (χ3n) is 8.18. The smallest absolute Gasteiger partial charge is 0.416 e. The summed E-state index contributed by atoms with van der Waals surface area (Å²) in [5, 5.41) is 1.78. The Morgan fingerprint density at radius 2 is 1.75 bits per heavy atom. The largest absolute Gasteiger partial charge is 0.497 e. The van der Waals surface area contributed by atoms with Crippen LogP contribution in [0, 0.1) is 0 Å². The minimum Gasteiger partial charge on any atom is -0.497 e. The van der Waals surface area contributed by atoms with E-state index in [1.807, 2.05) is 42.5 Å². The number of methoxy groups -OCH3 is 1. The second-order valence-corrected chi connectivity index (χ2v) is 11.0. The van der Waals surface area contributed by atoms with Crippen molar-refractivity contribution in [3.8, 4) is 17.2 Å². The molecular formula is C32H34ClN3O4. The molecule has 1 fully saturated rings. The summed E-state index contributed by atoms with van der Waals surface area (Å²) in [4.78, 5) is 21.3. The van der Waals surface area contributed by atoms with Crippen LogP contribution in [0.2, 0.25) is 5.02 Å². The highest BCUT2D eigenvalue weighted by Crippen LogP contribution is 2.40. The molecule has 1 N–H and O–H groups in total. The molecule has 3 heterocycles. The van der Waals surface area contributed by atoms with Gasteiger partial charge >= 0.3 is 6.09 Å². The average molecular weight is 560 g/mol. The van der Waals surface area contributed by atoms with Gasteiger partial charge < -0.3 is 24.1 Å². The summed E-state index contributed by atoms with van der Waals surface area (Å²) in [6, 6.07) is 21.2. The number of H-pyrrole nitrogens is 1. The van der Waals surface area contributed by atoms with E-state index in [0.717, 1.165) is 34.3 Å². The highest BCUT2D eigenvalue weighted by molar-refractivity contribution is 6.31. The zero-order valence-corrected chi connectivity index (χ0v) is 23.6. The first kappa shape index (κ1) is 26.5. The number of benzene rings is 3. The van der Waals surface area contributed by atoms with Gasteiger partial charge in [-0.1, -0.05) is 23.7 Å². The van der Waals surface area contributed by atoms with Crippen molar-refractivity contribution in [3.63, 3.8) is 0 Å². The van der Waals surface area contributed by atoms with E-state index in [9.17, 15) is 4.79 Å². The maximum atomic E-state index is 13.6. The van der Waals surface area contributed by atoms with Crippen LogP contribution in [-0.4, -0.2) is 60.8 Å². The van der Waals surface area contributed by atoms with Crippen LogP contribution in [0.4, 0.5) is 4.79 Å². The first-order chi connectivity index (χ1) is 19.5. The van der Waals surface area contributed by atoms with Gasteiger partial charge in [0.25, 0.3) is 0 Å². The van der Waals surface area contributed by atoms with E-state index in [1.165, 1.54) is 24.9 Å². The highest BCUT2D eigenvalue weighted by atomic mass is 35.5. The summed E-state index contributed by atoms with van der Waals surface area (Å²) >= 11 is 6.35. The lowest BCUT2D eigenvalue weighted by atomic mass is 9.92. The molecule has 1 aromatic heterocycles. The van der Waals surface area contributed by atoms with Gasteiger partial charge in [0.15, 0.2) is 0 Å². The number of aromatic amines is 1. The van der Waals surface area contributed by atoms with Crippen LogP contribution in [0.5, 0.6) is 17.2 Å². The first-order valence-corrected chi connectivity index (χ1v) is 14.2. The van der Waals surface area contributed by atoms with Crippen LogP contribution in [0.1, 0.15) is 42.1 Å². The van der Waals surface area contributed by atoms with Crippen molar-refractivity contribution in [3.05, 3.63) is 88.6 Å². The molecule has 2 unspecified atom stereocenters. The van der Waals surface area contributed by atoms with Gasteiger partial charge in [0.1, 0.15) is 23.3 Å². The summed E-state index contributed by atoms with van der Waals surface area (Å²) in [6.45, 7) is 2.37. The summed E-state index contributed by atoms with van der Waals surface area (Å²) in [7, 11) is 3.79. The van der Waals surface area contributed by atoms with Crippen molar-refractivity contribution in [1.82, 2.24) is 14.8 Å². The molecule has 0 aliphatic carbocycles. The Kier molecular flexibility index (Phi) is 7.59. The first-order valence-electron chi connectivity index (χ1n) is 13.9. The van der Waals surface area contributed by atoms with Crippen LogP contribution in [0.25, 0.3) is 10.9 Å². The maximum absolute atomic E-state index is 13.6. The molecule has 3 aromatic carbocycles. The van der Waals surface area contributed by atoms with Crippen molar-refractivity contribution in [2.75, 3.05) is 33.9 Å². The normalized spacial score (nSPS) is 19.0. The third kappa shape index (κ3) is 5.36. The van der Waals surface area contributed by atoms with Crippen LogP contribution >= 0.6 is 11.6 Å². The highest BCUT2D eigenvalue weighted by Gasteiger charge is 2.36. The van der Waals surface area contributed by atoms with Crippen molar-refractivity contribution in [1.29, 1.82) is 0 Å². The van der Waals surface area contributed by atoms with Crippen molar-refractivity contribution >= 4 is 28.6 Å². The fourth-order valence-electron chi connectivity index (χ4n) is 6.01. The summed E-state index contributed by atoms with van der Waals surface area (Å²) < 4.78 is 17.1. The van der Waals surface area contributed by atoms with Gasteiger partial charge in [-0.25, -0.2) is 4.79 Å². The second kappa shape index (κ2) is 11.4. The lowest BCUT2D eigenvalue weighted by Crippen LogP contribution is -2.42. The number of nitrogens with one attached hydrogen (secondary N) is 1. The molecular weight excluding hydrogens is 526 g/mol. The minimum absolute atomic E-state index is 0.345. The van der Waals surface area contributed by atoms with Gasteiger partial charge in [-0.2, -0.15) is 0 Å². The Morgan fingerprint density at radius 1 is 1.00 bits per heavy atom. The number of fused-ring (bicyclic) bond motifs is 3. The molecule has 2 atom stereocenters. The molecule has 4 aromatic rings. The molecule has 2 aliphatic rings. The molecule has 1 saturated heterocycles. The number of hydrogen-bond acceptors (Lipinski definition) is 5. The maximum Gasteiger partial charge on any atom is 0.416 e. The number of halogens is 1. The topological polar surface area (TPSA) is 67.0 Å². The van der Waals surface area contributed by atoms with Gasteiger partial charge in [-0.05, 0) is 105 Å². The molecule has 8 heteroatoms. The van der Waals surface area contributed by atoms with E-state index in [0.29, 0.717) is 42.1 Å². The summed E-state index contributed by atoms with van der Waals surface area (Å²) in [5.74, 6) is 2.00. The second-order valence-electron chi connectivity index (χ2n) is 10.6. The Labute approximate surface area is 239 Å². The lowest BCUT2D eigenvalue weighted by molar-refractivity contribution is 0.135. The molecule has 6 rings (SSSR count).